The predicted octanol–water partition coefficient (Wildman–Crippen LogP) is 6.55. The molecule has 168 valence electrons. The molecule has 0 saturated heterocycles. The summed E-state index contributed by atoms with van der Waals surface area (Å²) in [6.45, 7) is 1.86. The summed E-state index contributed by atoms with van der Waals surface area (Å²) >= 11 is 12.2. The van der Waals surface area contributed by atoms with Crippen LogP contribution in [-0.4, -0.2) is 19.5 Å². The van der Waals surface area contributed by atoms with E-state index in [0.717, 1.165) is 27.5 Å². The summed E-state index contributed by atoms with van der Waals surface area (Å²) < 4.78 is 28.2. The zero-order valence-electron chi connectivity index (χ0n) is 17.5. The van der Waals surface area contributed by atoms with E-state index in [1.54, 1.807) is 36.4 Å². The van der Waals surface area contributed by atoms with E-state index >= 15 is 0 Å². The summed E-state index contributed by atoms with van der Waals surface area (Å²) in [6.07, 6.45) is -0.118. The molecule has 0 heterocycles. The minimum absolute atomic E-state index is 0.0907. The molecule has 0 aromatic heterocycles. The number of nitrogens with one attached hydrogen (secondary N) is 1. The fourth-order valence-electron chi connectivity index (χ4n) is 3.81. The Balaban J connectivity index is 1.78. The summed E-state index contributed by atoms with van der Waals surface area (Å²) in [5, 5.41) is 12.0. The Hall–Kier alpha value is -3.06. The number of rotatable bonds is 6. The van der Waals surface area contributed by atoms with Gasteiger partial charge in [0, 0.05) is 10.0 Å². The van der Waals surface area contributed by atoms with E-state index in [1.807, 2.05) is 25.1 Å². The highest BCUT2D eigenvalue weighted by molar-refractivity contribution is 7.92. The molecule has 4 aromatic rings. The summed E-state index contributed by atoms with van der Waals surface area (Å²) in [6, 6.07) is 20.2. The Kier molecular flexibility index (Phi) is 6.34. The molecule has 0 saturated carbocycles. The van der Waals surface area contributed by atoms with Crippen LogP contribution in [0, 0.1) is 6.92 Å². The highest BCUT2D eigenvalue weighted by atomic mass is 35.5. The molecule has 0 aliphatic rings. The van der Waals surface area contributed by atoms with Crippen LogP contribution in [0.5, 0.6) is 0 Å². The molecular weight excluding hydrogens is 481 g/mol. The van der Waals surface area contributed by atoms with Gasteiger partial charge in [0.2, 0.25) is 0 Å². The van der Waals surface area contributed by atoms with Gasteiger partial charge in [-0.15, -0.1) is 0 Å². The van der Waals surface area contributed by atoms with Gasteiger partial charge in [0.05, 0.1) is 17.0 Å². The first-order chi connectivity index (χ1) is 15.6. The van der Waals surface area contributed by atoms with E-state index in [0.29, 0.717) is 21.3 Å². The molecule has 0 aliphatic carbocycles. The Bertz CT molecular complexity index is 1480. The van der Waals surface area contributed by atoms with E-state index in [4.69, 9.17) is 23.2 Å². The predicted molar refractivity (Wildman–Crippen MR) is 133 cm³/mol. The molecule has 0 amide bonds. The molecule has 5 nitrogen and oxygen atoms in total. The van der Waals surface area contributed by atoms with Crippen LogP contribution in [0.2, 0.25) is 10.0 Å². The molecule has 0 unspecified atom stereocenters. The van der Waals surface area contributed by atoms with E-state index in [-0.39, 0.29) is 11.3 Å². The normalized spacial score (nSPS) is 11.5. The van der Waals surface area contributed by atoms with Gasteiger partial charge in [-0.2, -0.15) is 0 Å². The second-order valence-electron chi connectivity index (χ2n) is 7.61. The van der Waals surface area contributed by atoms with E-state index in [9.17, 15) is 18.3 Å². The number of hydrogen-bond donors (Lipinski definition) is 2. The average Bonchev–Trinajstić information content (AvgIpc) is 2.74. The first kappa shape index (κ1) is 23.1. The number of carbonyl (C=O) groups is 1. The molecule has 8 heteroatoms. The van der Waals surface area contributed by atoms with Crippen molar-refractivity contribution < 1.29 is 18.3 Å². The zero-order chi connectivity index (χ0) is 23.8. The Labute approximate surface area is 201 Å². The molecule has 0 aliphatic heterocycles. The van der Waals surface area contributed by atoms with Crippen molar-refractivity contribution in [3.05, 3.63) is 94.0 Å². The summed E-state index contributed by atoms with van der Waals surface area (Å²) in [7, 11) is -3.82. The third-order valence-corrected chi connectivity index (χ3v) is 7.21. The van der Waals surface area contributed by atoms with Gasteiger partial charge in [-0.25, -0.2) is 8.42 Å². The van der Waals surface area contributed by atoms with Gasteiger partial charge in [0.15, 0.2) is 0 Å². The molecule has 2 N–H and O–H groups in total. The van der Waals surface area contributed by atoms with Crippen molar-refractivity contribution in [1.29, 1.82) is 0 Å². The third-order valence-electron chi connectivity index (χ3n) is 5.34. The zero-order valence-corrected chi connectivity index (χ0v) is 19.8. The maximum absolute atomic E-state index is 12.8. The summed E-state index contributed by atoms with van der Waals surface area (Å²) in [4.78, 5) is 11.5. The number of sulfonamides is 1. The lowest BCUT2D eigenvalue weighted by Gasteiger charge is -2.16. The molecular formula is C25H19Cl2NO4S. The molecule has 0 bridgehead atoms. The third kappa shape index (κ3) is 4.98. The molecule has 4 aromatic carbocycles. The maximum atomic E-state index is 12.8. The van der Waals surface area contributed by atoms with Gasteiger partial charge in [0.1, 0.15) is 0 Å². The lowest BCUT2D eigenvalue weighted by molar-refractivity contribution is -0.136. The molecule has 33 heavy (non-hydrogen) atoms. The standard InChI is InChI=1S/C25H19Cl2NO4S/c1-15-18(12-24(29)30)11-17-5-8-20(27)14-23(17)25(15)16-6-9-22(10-7-16)33(31,32)28-21-4-2-3-19(26)13-21/h2-11,13-14,28H,12H2,1H3,(H,29,30). The molecule has 4 rings (SSSR count). The van der Waals surface area contributed by atoms with Crippen LogP contribution in [0.4, 0.5) is 5.69 Å². The van der Waals surface area contributed by atoms with Gasteiger partial charge in [-0.1, -0.05) is 53.5 Å². The number of aliphatic carboxylic acids is 1. The Morgan fingerprint density at radius 2 is 1.64 bits per heavy atom. The van der Waals surface area contributed by atoms with Crippen molar-refractivity contribution in [2.45, 2.75) is 18.2 Å². The quantitative estimate of drug-likeness (QED) is 0.315. The van der Waals surface area contributed by atoms with Gasteiger partial charge >= 0.3 is 5.97 Å². The Morgan fingerprint density at radius 1 is 0.939 bits per heavy atom. The highest BCUT2D eigenvalue weighted by Crippen LogP contribution is 2.36. The van der Waals surface area contributed by atoms with Crippen LogP contribution >= 0.6 is 23.2 Å². The number of carboxylic acid groups (broad SMARTS) is 1. The number of fused-ring (bicyclic) bond motifs is 1. The van der Waals surface area contributed by atoms with Crippen molar-refractivity contribution in [3.8, 4) is 11.1 Å². The number of anilines is 1. The fourth-order valence-corrected chi connectivity index (χ4v) is 5.23. The van der Waals surface area contributed by atoms with Crippen molar-refractivity contribution in [2.24, 2.45) is 0 Å². The van der Waals surface area contributed by atoms with Crippen LogP contribution in [0.25, 0.3) is 21.9 Å². The number of carboxylic acids is 1. The van der Waals surface area contributed by atoms with Crippen LogP contribution < -0.4 is 4.72 Å². The van der Waals surface area contributed by atoms with Crippen molar-refractivity contribution in [2.75, 3.05) is 4.72 Å². The minimum Gasteiger partial charge on any atom is -0.481 e. The fraction of sp³-hybridized carbons (Fsp3) is 0.0800. The number of halogens is 2. The van der Waals surface area contributed by atoms with Gasteiger partial charge < -0.3 is 5.11 Å². The lowest BCUT2D eigenvalue weighted by Crippen LogP contribution is -2.12. The summed E-state index contributed by atoms with van der Waals surface area (Å²) in [5.41, 5.74) is 3.43. The van der Waals surface area contributed by atoms with Gasteiger partial charge in [0.25, 0.3) is 10.0 Å². The summed E-state index contributed by atoms with van der Waals surface area (Å²) in [5.74, 6) is -0.925. The first-order valence-electron chi connectivity index (χ1n) is 9.96. The number of benzene rings is 4. The largest absolute Gasteiger partial charge is 0.481 e. The van der Waals surface area contributed by atoms with Gasteiger partial charge in [-0.05, 0) is 82.4 Å². The highest BCUT2D eigenvalue weighted by Gasteiger charge is 2.17. The smallest absolute Gasteiger partial charge is 0.307 e. The van der Waals surface area contributed by atoms with Crippen LogP contribution in [-0.2, 0) is 21.2 Å². The van der Waals surface area contributed by atoms with Gasteiger partial charge in [-0.3, -0.25) is 9.52 Å². The average molecular weight is 500 g/mol. The van der Waals surface area contributed by atoms with Crippen molar-refractivity contribution in [3.63, 3.8) is 0 Å². The van der Waals surface area contributed by atoms with Crippen LogP contribution in [0.3, 0.4) is 0 Å². The molecule has 0 fully saturated rings. The van der Waals surface area contributed by atoms with Crippen LogP contribution in [0.15, 0.2) is 77.7 Å². The van der Waals surface area contributed by atoms with E-state index in [2.05, 4.69) is 4.72 Å². The number of hydrogen-bond acceptors (Lipinski definition) is 3. The topological polar surface area (TPSA) is 83.5 Å². The van der Waals surface area contributed by atoms with E-state index < -0.39 is 16.0 Å². The monoisotopic (exact) mass is 499 g/mol. The second kappa shape index (κ2) is 9.06. The first-order valence-corrected chi connectivity index (χ1v) is 12.2. The maximum Gasteiger partial charge on any atom is 0.307 e. The molecule has 0 spiro atoms. The minimum atomic E-state index is -3.82. The van der Waals surface area contributed by atoms with Crippen molar-refractivity contribution in [1.82, 2.24) is 0 Å². The molecule has 0 atom stereocenters. The Morgan fingerprint density at radius 3 is 2.30 bits per heavy atom. The SMILES string of the molecule is Cc1c(CC(=O)O)cc2ccc(Cl)cc2c1-c1ccc(S(=O)(=O)Nc2cccc(Cl)c2)cc1. The van der Waals surface area contributed by atoms with E-state index in [1.165, 1.54) is 18.2 Å². The van der Waals surface area contributed by atoms with Crippen molar-refractivity contribution >= 4 is 55.7 Å². The lowest BCUT2D eigenvalue weighted by atomic mass is 9.89. The molecule has 0 radical (unpaired) electrons. The van der Waals surface area contributed by atoms with Crippen LogP contribution in [0.1, 0.15) is 11.1 Å². The second-order valence-corrected chi connectivity index (χ2v) is 10.2.